The molecule has 0 saturated carbocycles. The standard InChI is InChI=1S/C31H48N2O34S3/c1-4-5-49-28-12(32-8(2)36)17(14(38)10(6-34)50-28)52-31-25(60-70-67-64-48)22(58-68-65-62-46)21(23(56-31)27(43)44)55-29-13(33-9(3)37)18(15(39)11(7-35)51-29)53-30-24(59-69-66-63-47)19(57-61-45)16(40)20(54-30)26(41)42/h4,10-25,28-31,34-35,38-40,45-48H,1,5-7H2,2-3H3,(H,32,36)(H,33,37)(H,41,42)(H,43,44)/p-6/t10?,11?,12-,13-,14-,15-,16-,17+,18+,19-,20?,21-,22-,23?,24-,25-,28?,29?,30?,31?/m0/s1. The molecule has 404 valence electrons. The topological polar surface area (TPSA) is 507 Å². The van der Waals surface area contributed by atoms with E-state index in [2.05, 4.69) is 55.3 Å². The molecule has 4 heterocycles. The van der Waals surface area contributed by atoms with Gasteiger partial charge in [-0.2, -0.15) is 0 Å². The van der Waals surface area contributed by atoms with Crippen LogP contribution in [-0.2, 0) is 108 Å². The molecular weight excluding hydrogens is 1040 g/mol. The Hall–Kier alpha value is -2.45. The Labute approximate surface area is 404 Å². The second-order valence-electron chi connectivity index (χ2n) is 14.2. The SMILES string of the molecule is C=CCOC1OC(CO)[C@H](O)[C@H](OC2OC(C(=O)[O-])[C@@H](OC3OC(CO)[C@H](O)[C@H](OC4OC(C(=O)[O-])[C@@H](O)[C@H](OO[O-])[C@@H]4OSOO[O-])[C@@H]3NC(C)=O)[C@H](OSOO[O-])[C@@H]2OSOO[O-])[C@@H]1NC(C)=O. The number of amides is 2. The third-order valence-corrected chi connectivity index (χ3v) is 11.2. The van der Waals surface area contributed by atoms with Crippen molar-refractivity contribution >= 4 is 60.7 Å². The van der Waals surface area contributed by atoms with Gasteiger partial charge in [-0.05, 0) is 0 Å². The average molecular weight is 1080 g/mol. The molecule has 20 atom stereocenters. The normalized spacial score (nSPS) is 37.9. The molecule has 0 bridgehead atoms. The summed E-state index contributed by atoms with van der Waals surface area (Å²) in [6.45, 7) is 3.07. The summed E-state index contributed by atoms with van der Waals surface area (Å²) in [4.78, 5) is 54.7. The van der Waals surface area contributed by atoms with E-state index in [-0.39, 0.29) is 43.6 Å². The van der Waals surface area contributed by atoms with E-state index in [9.17, 15) is 76.0 Å². The molecular formula is C31H42N2O34S3-6. The van der Waals surface area contributed by atoms with Gasteiger partial charge < -0.3 is 115 Å². The van der Waals surface area contributed by atoms with Gasteiger partial charge in [-0.25, -0.2) is 4.89 Å². The molecule has 7 N–H and O–H groups in total. The lowest BCUT2D eigenvalue weighted by Gasteiger charge is -2.51. The number of nitrogens with one attached hydrogen (secondary N) is 2. The van der Waals surface area contributed by atoms with Crippen LogP contribution in [-0.4, -0.2) is 192 Å². The number of ether oxygens (including phenoxy) is 8. The Morgan fingerprint density at radius 3 is 1.43 bits per heavy atom. The molecule has 4 fully saturated rings. The Balaban J connectivity index is 1.83. The summed E-state index contributed by atoms with van der Waals surface area (Å²) < 4.78 is 74.3. The van der Waals surface area contributed by atoms with Crippen LogP contribution in [0.25, 0.3) is 0 Å². The molecule has 0 aromatic heterocycles. The molecule has 4 aliphatic rings. The number of hydrogen-bond acceptors (Lipinski definition) is 37. The second kappa shape index (κ2) is 30.0. The molecule has 0 aliphatic carbocycles. The average Bonchev–Trinajstić information content (AvgIpc) is 3.31. The minimum atomic E-state index is -2.58. The number of aliphatic carboxylic acids is 2. The van der Waals surface area contributed by atoms with E-state index < -0.39 is 160 Å². The molecule has 0 spiro atoms. The maximum Gasteiger partial charge on any atom is 0.217 e. The van der Waals surface area contributed by atoms with Gasteiger partial charge in [-0.15, -0.1) is 19.6 Å². The first-order valence-electron chi connectivity index (χ1n) is 19.4. The number of hydrogen-bond donors (Lipinski definition) is 7. The predicted octanol–water partition coefficient (Wildman–Crippen LogP) is -12.1. The summed E-state index contributed by atoms with van der Waals surface area (Å²) in [5, 5.41) is 140. The third kappa shape index (κ3) is 15.8. The first kappa shape index (κ1) is 60.1. The molecule has 4 aliphatic heterocycles. The van der Waals surface area contributed by atoms with Crippen LogP contribution in [0.3, 0.4) is 0 Å². The van der Waals surface area contributed by atoms with Gasteiger partial charge in [0.15, 0.2) is 80.4 Å². The monoisotopic (exact) mass is 1080 g/mol. The zero-order valence-corrected chi connectivity index (χ0v) is 37.7. The fourth-order valence-electron chi connectivity index (χ4n) is 7.20. The maximum atomic E-state index is 13.1. The first-order valence-corrected chi connectivity index (χ1v) is 21.4. The van der Waals surface area contributed by atoms with Crippen LogP contribution < -0.4 is 41.9 Å². The van der Waals surface area contributed by atoms with E-state index in [0.717, 1.165) is 13.8 Å². The van der Waals surface area contributed by atoms with Crippen LogP contribution in [0.4, 0.5) is 0 Å². The fraction of sp³-hybridized carbons (Fsp3) is 0.806. The number of aliphatic hydroxyl groups excluding tert-OH is 5. The summed E-state index contributed by atoms with van der Waals surface area (Å²) in [5.74, 6) is -6.20. The number of carbonyl (C=O) groups excluding carboxylic acids is 4. The van der Waals surface area contributed by atoms with Crippen molar-refractivity contribution in [2.75, 3.05) is 19.8 Å². The summed E-state index contributed by atoms with van der Waals surface area (Å²) in [6.07, 6.45) is -37.5. The molecule has 70 heavy (non-hydrogen) atoms. The molecule has 0 radical (unpaired) electrons. The highest BCUT2D eigenvalue weighted by atomic mass is 32.2. The van der Waals surface area contributed by atoms with E-state index in [1.807, 2.05) is 0 Å². The number of rotatable bonds is 29. The third-order valence-electron chi connectivity index (χ3n) is 9.95. The lowest BCUT2D eigenvalue weighted by atomic mass is 9.94. The Morgan fingerprint density at radius 2 is 1.00 bits per heavy atom. The quantitative estimate of drug-likeness (QED) is 0.0120. The Bertz CT molecular complexity index is 1640. The molecule has 8 unspecified atom stereocenters. The van der Waals surface area contributed by atoms with Gasteiger partial charge in [0.05, 0.1) is 31.8 Å². The van der Waals surface area contributed by atoms with Gasteiger partial charge >= 0.3 is 0 Å². The molecule has 2 amide bonds. The summed E-state index contributed by atoms with van der Waals surface area (Å²) in [5.41, 5.74) is 0. The van der Waals surface area contributed by atoms with Crippen molar-refractivity contribution in [1.29, 1.82) is 0 Å². The lowest BCUT2D eigenvalue weighted by molar-refractivity contribution is -0.808. The summed E-state index contributed by atoms with van der Waals surface area (Å²) >= 11 is -0.984. The smallest absolute Gasteiger partial charge is 0.217 e. The molecule has 4 saturated heterocycles. The van der Waals surface area contributed by atoms with Crippen molar-refractivity contribution in [3.05, 3.63) is 12.7 Å². The van der Waals surface area contributed by atoms with Crippen LogP contribution in [0, 0.1) is 0 Å². The molecule has 0 aromatic rings. The van der Waals surface area contributed by atoms with Crippen molar-refractivity contribution < 1.29 is 164 Å². The van der Waals surface area contributed by atoms with Crippen LogP contribution in [0.15, 0.2) is 12.7 Å². The molecule has 39 heteroatoms. The van der Waals surface area contributed by atoms with Gasteiger partial charge in [-0.3, -0.25) is 42.3 Å². The largest absolute Gasteiger partial charge is 0.692 e. The van der Waals surface area contributed by atoms with Crippen molar-refractivity contribution in [3.63, 3.8) is 0 Å². The Morgan fingerprint density at radius 1 is 0.571 bits per heavy atom. The van der Waals surface area contributed by atoms with Gasteiger partial charge in [0.1, 0.15) is 79.2 Å². The van der Waals surface area contributed by atoms with E-state index in [1.54, 1.807) is 0 Å². The number of aliphatic hydroxyl groups is 5. The minimum Gasteiger partial charge on any atom is -0.692 e. The van der Waals surface area contributed by atoms with Crippen molar-refractivity contribution in [1.82, 2.24) is 10.6 Å². The van der Waals surface area contributed by atoms with Gasteiger partial charge in [0.25, 0.3) is 0 Å². The second-order valence-corrected chi connectivity index (χ2v) is 15.6. The number of carboxylic acid groups (broad SMARTS) is 2. The first-order chi connectivity index (χ1) is 33.5. The van der Waals surface area contributed by atoms with E-state index in [0.29, 0.717) is 0 Å². The fourth-order valence-corrected chi connectivity index (χ4v) is 8.25. The van der Waals surface area contributed by atoms with Crippen LogP contribution in [0.1, 0.15) is 13.8 Å². The molecule has 0 aromatic carbocycles. The van der Waals surface area contributed by atoms with Crippen LogP contribution in [0.5, 0.6) is 0 Å². The van der Waals surface area contributed by atoms with Crippen molar-refractivity contribution in [2.45, 2.75) is 137 Å². The minimum absolute atomic E-state index is 0.247. The van der Waals surface area contributed by atoms with Gasteiger partial charge in [0.2, 0.25) is 11.8 Å². The zero-order valence-electron chi connectivity index (χ0n) is 35.3. The van der Waals surface area contributed by atoms with Crippen molar-refractivity contribution in [2.24, 2.45) is 0 Å². The van der Waals surface area contributed by atoms with E-state index in [1.165, 1.54) is 6.08 Å². The highest BCUT2D eigenvalue weighted by molar-refractivity contribution is 7.90. The summed E-state index contributed by atoms with van der Waals surface area (Å²) in [7, 11) is 0. The van der Waals surface area contributed by atoms with Gasteiger partial charge in [0, 0.05) is 13.8 Å². The highest BCUT2D eigenvalue weighted by Crippen LogP contribution is 2.39. The zero-order chi connectivity index (χ0) is 51.7. The van der Waals surface area contributed by atoms with Crippen LogP contribution >= 0.6 is 37.0 Å². The van der Waals surface area contributed by atoms with Crippen LogP contribution in [0.2, 0.25) is 0 Å². The van der Waals surface area contributed by atoms with Gasteiger partial charge in [-0.1, -0.05) is 6.08 Å². The summed E-state index contributed by atoms with van der Waals surface area (Å²) in [6, 6.07) is -3.60. The lowest BCUT2D eigenvalue weighted by Crippen LogP contribution is -2.71. The van der Waals surface area contributed by atoms with E-state index in [4.69, 9.17) is 50.4 Å². The van der Waals surface area contributed by atoms with Crippen molar-refractivity contribution in [3.8, 4) is 0 Å². The number of carboxylic acids is 2. The van der Waals surface area contributed by atoms with E-state index >= 15 is 0 Å². The molecule has 36 nitrogen and oxygen atoms in total. The maximum absolute atomic E-state index is 13.1. The predicted molar refractivity (Wildman–Crippen MR) is 193 cm³/mol. The number of carbonyl (C=O) groups is 4. The highest BCUT2D eigenvalue weighted by Gasteiger charge is 2.59. The molecule has 4 rings (SSSR count). The Kier molecular flexibility index (Phi) is 25.8.